The molecule has 0 amide bonds. The second-order valence-electron chi connectivity index (χ2n) is 3.78. The molecule has 1 atom stereocenters. The maximum Gasteiger partial charge on any atom is 0.309 e. The number of hydrogen-bond acceptors (Lipinski definition) is 4. The number of esters is 1. The highest BCUT2D eigenvalue weighted by atomic mass is 16.5. The molecule has 0 radical (unpaired) electrons. The van der Waals surface area contributed by atoms with Crippen molar-refractivity contribution < 1.29 is 9.53 Å². The molecule has 1 aliphatic rings. The number of hydrogen-bond donors (Lipinski definition) is 1. The zero-order chi connectivity index (χ0) is 9.84. The van der Waals surface area contributed by atoms with Gasteiger partial charge in [0.15, 0.2) is 0 Å². The summed E-state index contributed by atoms with van der Waals surface area (Å²) in [5.74, 6) is 0.346. The van der Waals surface area contributed by atoms with Gasteiger partial charge in [0.25, 0.3) is 0 Å². The van der Waals surface area contributed by atoms with Crippen LogP contribution >= 0.6 is 0 Å². The molecule has 2 N–H and O–H groups in total. The lowest BCUT2D eigenvalue weighted by Crippen LogP contribution is -2.45. The second-order valence-corrected chi connectivity index (χ2v) is 3.78. The fraction of sp³-hybridized carbons (Fsp3) is 0.889. The smallest absolute Gasteiger partial charge is 0.309 e. The number of ether oxygens (including phenoxy) is 1. The topological polar surface area (TPSA) is 55.6 Å². The summed E-state index contributed by atoms with van der Waals surface area (Å²) < 4.78 is 4.67. The van der Waals surface area contributed by atoms with Gasteiger partial charge in [-0.2, -0.15) is 0 Å². The molecule has 0 saturated carbocycles. The molecule has 4 nitrogen and oxygen atoms in total. The Balaban J connectivity index is 2.28. The van der Waals surface area contributed by atoms with Crippen LogP contribution in [0.25, 0.3) is 0 Å². The van der Waals surface area contributed by atoms with Crippen LogP contribution in [0.15, 0.2) is 0 Å². The number of nitrogens with two attached hydrogens (primary N) is 1. The molecule has 4 heteroatoms. The third kappa shape index (κ3) is 2.67. The Morgan fingerprint density at radius 1 is 1.69 bits per heavy atom. The molecule has 0 spiro atoms. The molecule has 13 heavy (non-hydrogen) atoms. The van der Waals surface area contributed by atoms with E-state index in [-0.39, 0.29) is 11.9 Å². The number of likely N-dealkylation sites (tertiary alicyclic amines) is 1. The summed E-state index contributed by atoms with van der Waals surface area (Å²) >= 11 is 0. The minimum Gasteiger partial charge on any atom is -0.469 e. The van der Waals surface area contributed by atoms with E-state index in [9.17, 15) is 4.79 Å². The Morgan fingerprint density at radius 3 is 2.69 bits per heavy atom. The first-order chi connectivity index (χ1) is 6.17. The van der Waals surface area contributed by atoms with E-state index in [0.29, 0.717) is 12.5 Å². The monoisotopic (exact) mass is 186 g/mol. The van der Waals surface area contributed by atoms with Gasteiger partial charge >= 0.3 is 5.97 Å². The molecule has 0 aromatic rings. The van der Waals surface area contributed by atoms with E-state index in [0.717, 1.165) is 19.5 Å². The highest BCUT2D eigenvalue weighted by Gasteiger charge is 2.29. The van der Waals surface area contributed by atoms with Gasteiger partial charge in [-0.3, -0.25) is 4.79 Å². The first-order valence-corrected chi connectivity index (χ1v) is 4.63. The van der Waals surface area contributed by atoms with Crippen LogP contribution in [0, 0.1) is 11.8 Å². The van der Waals surface area contributed by atoms with E-state index < -0.39 is 0 Å². The van der Waals surface area contributed by atoms with Crippen molar-refractivity contribution in [2.24, 2.45) is 17.6 Å². The lowest BCUT2D eigenvalue weighted by atomic mass is 9.89. The van der Waals surface area contributed by atoms with Gasteiger partial charge in [0.05, 0.1) is 13.0 Å². The number of carbonyl (C=O) groups excluding carboxylic acids is 1. The number of carbonyl (C=O) groups is 1. The van der Waals surface area contributed by atoms with Crippen molar-refractivity contribution in [3.63, 3.8) is 0 Å². The second kappa shape index (κ2) is 4.58. The molecular formula is C9H18N2O2. The van der Waals surface area contributed by atoms with E-state index in [4.69, 9.17) is 5.73 Å². The molecule has 1 fully saturated rings. The molecule has 1 heterocycles. The van der Waals surface area contributed by atoms with Crippen molar-refractivity contribution >= 4 is 5.97 Å². The van der Waals surface area contributed by atoms with Crippen molar-refractivity contribution in [2.75, 3.05) is 33.8 Å². The van der Waals surface area contributed by atoms with Crippen LogP contribution in [0.1, 0.15) is 6.42 Å². The SMILES string of the molecule is COC(=O)C(CN)CC1CN(C)C1. The summed E-state index contributed by atoms with van der Waals surface area (Å²) in [7, 11) is 3.49. The quantitative estimate of drug-likeness (QED) is 0.612. The Morgan fingerprint density at radius 2 is 2.31 bits per heavy atom. The van der Waals surface area contributed by atoms with E-state index in [1.54, 1.807) is 0 Å². The van der Waals surface area contributed by atoms with Crippen molar-refractivity contribution in [3.05, 3.63) is 0 Å². The zero-order valence-corrected chi connectivity index (χ0v) is 8.32. The standard InChI is InChI=1S/C9H18N2O2/c1-11-5-7(6-11)3-8(4-10)9(12)13-2/h7-8H,3-6,10H2,1-2H3. The number of nitrogens with zero attached hydrogens (tertiary/aromatic N) is 1. The molecule has 0 bridgehead atoms. The van der Waals surface area contributed by atoms with Gasteiger partial charge in [-0.25, -0.2) is 0 Å². The minimum absolute atomic E-state index is 0.108. The van der Waals surface area contributed by atoms with Gasteiger partial charge < -0.3 is 15.4 Å². The van der Waals surface area contributed by atoms with Crippen molar-refractivity contribution in [2.45, 2.75) is 6.42 Å². The highest BCUT2D eigenvalue weighted by Crippen LogP contribution is 2.21. The maximum absolute atomic E-state index is 11.2. The van der Waals surface area contributed by atoms with Crippen LogP contribution in [0.3, 0.4) is 0 Å². The molecule has 1 aliphatic heterocycles. The lowest BCUT2D eigenvalue weighted by molar-refractivity contribution is -0.146. The van der Waals surface area contributed by atoms with Gasteiger partial charge in [-0.05, 0) is 19.4 Å². The average Bonchev–Trinajstić information content (AvgIpc) is 2.09. The molecule has 1 rings (SSSR count). The lowest BCUT2D eigenvalue weighted by Gasteiger charge is -2.37. The highest BCUT2D eigenvalue weighted by molar-refractivity contribution is 5.72. The fourth-order valence-electron chi connectivity index (χ4n) is 1.83. The van der Waals surface area contributed by atoms with E-state index in [2.05, 4.69) is 16.7 Å². The molecule has 0 aliphatic carbocycles. The Hall–Kier alpha value is -0.610. The third-order valence-corrected chi connectivity index (χ3v) is 2.58. The van der Waals surface area contributed by atoms with Crippen LogP contribution in [0.5, 0.6) is 0 Å². The first-order valence-electron chi connectivity index (χ1n) is 4.63. The predicted molar refractivity (Wildman–Crippen MR) is 50.2 cm³/mol. The molecular weight excluding hydrogens is 168 g/mol. The van der Waals surface area contributed by atoms with Crippen molar-refractivity contribution in [1.82, 2.24) is 4.90 Å². The van der Waals surface area contributed by atoms with E-state index >= 15 is 0 Å². The molecule has 1 saturated heterocycles. The average molecular weight is 186 g/mol. The van der Waals surface area contributed by atoms with Crippen LogP contribution in [-0.4, -0.2) is 44.7 Å². The number of methoxy groups -OCH3 is 1. The first kappa shape index (κ1) is 10.5. The summed E-state index contributed by atoms with van der Waals surface area (Å²) in [4.78, 5) is 13.4. The summed E-state index contributed by atoms with van der Waals surface area (Å²) in [5, 5.41) is 0. The van der Waals surface area contributed by atoms with Crippen LogP contribution in [-0.2, 0) is 9.53 Å². The van der Waals surface area contributed by atoms with E-state index in [1.807, 2.05) is 0 Å². The summed E-state index contributed by atoms with van der Waals surface area (Å²) in [6.07, 6.45) is 0.869. The van der Waals surface area contributed by atoms with Crippen molar-refractivity contribution in [1.29, 1.82) is 0 Å². The molecule has 1 unspecified atom stereocenters. The summed E-state index contributed by atoms with van der Waals surface area (Å²) in [5.41, 5.74) is 5.50. The normalized spacial score (nSPS) is 20.8. The molecule has 0 aromatic heterocycles. The third-order valence-electron chi connectivity index (χ3n) is 2.58. The molecule has 0 aromatic carbocycles. The Bertz CT molecular complexity index is 178. The zero-order valence-electron chi connectivity index (χ0n) is 8.32. The summed E-state index contributed by atoms with van der Waals surface area (Å²) in [6, 6.07) is 0. The van der Waals surface area contributed by atoms with Gasteiger partial charge in [0, 0.05) is 19.6 Å². The van der Waals surface area contributed by atoms with Gasteiger partial charge in [0.2, 0.25) is 0 Å². The van der Waals surface area contributed by atoms with Gasteiger partial charge in [-0.1, -0.05) is 0 Å². The van der Waals surface area contributed by atoms with E-state index in [1.165, 1.54) is 7.11 Å². The largest absolute Gasteiger partial charge is 0.469 e. The summed E-state index contributed by atoms with van der Waals surface area (Å²) in [6.45, 7) is 2.55. The predicted octanol–water partition coefficient (Wildman–Crippen LogP) is -0.314. The maximum atomic E-state index is 11.2. The van der Waals surface area contributed by atoms with Crippen LogP contribution in [0.4, 0.5) is 0 Å². The van der Waals surface area contributed by atoms with Crippen LogP contribution < -0.4 is 5.73 Å². The number of rotatable bonds is 4. The Kier molecular flexibility index (Phi) is 3.69. The van der Waals surface area contributed by atoms with Gasteiger partial charge in [-0.15, -0.1) is 0 Å². The van der Waals surface area contributed by atoms with Crippen LogP contribution in [0.2, 0.25) is 0 Å². The van der Waals surface area contributed by atoms with Crippen molar-refractivity contribution in [3.8, 4) is 0 Å². The molecule has 76 valence electrons. The fourth-order valence-corrected chi connectivity index (χ4v) is 1.83. The minimum atomic E-state index is -0.169. The Labute approximate surface area is 79.0 Å². The van der Waals surface area contributed by atoms with Gasteiger partial charge in [0.1, 0.15) is 0 Å².